The van der Waals surface area contributed by atoms with Crippen LogP contribution >= 0.6 is 23.4 Å². The van der Waals surface area contributed by atoms with E-state index in [-0.39, 0.29) is 17.3 Å². The van der Waals surface area contributed by atoms with Crippen molar-refractivity contribution in [3.8, 4) is 0 Å². The van der Waals surface area contributed by atoms with Crippen LogP contribution in [-0.4, -0.2) is 28.7 Å². The first-order valence-electron chi connectivity index (χ1n) is 5.33. The van der Waals surface area contributed by atoms with Crippen LogP contribution in [0.1, 0.15) is 10.8 Å². The summed E-state index contributed by atoms with van der Waals surface area (Å²) in [5.74, 6) is 0.511. The molecule has 0 aromatic heterocycles. The van der Waals surface area contributed by atoms with E-state index in [0.29, 0.717) is 17.9 Å². The summed E-state index contributed by atoms with van der Waals surface area (Å²) in [5, 5.41) is 21.1. The van der Waals surface area contributed by atoms with Gasteiger partial charge in [-0.2, -0.15) is 0 Å². The minimum absolute atomic E-state index is 0.138. The molecule has 1 aromatic rings. The second-order valence-electron chi connectivity index (χ2n) is 3.63. The van der Waals surface area contributed by atoms with Crippen LogP contribution < -0.4 is 5.73 Å². The fraction of sp³-hybridized carbons (Fsp3) is 0.400. The van der Waals surface area contributed by atoms with Crippen LogP contribution in [0.15, 0.2) is 18.2 Å². The molecule has 1 atom stereocenters. The molecule has 0 aliphatic carbocycles. The van der Waals surface area contributed by atoms with Crippen LogP contribution in [0.2, 0.25) is 5.02 Å². The van der Waals surface area contributed by atoms with Gasteiger partial charge < -0.3 is 5.73 Å². The average Bonchev–Trinajstić information content (AvgIpc) is 2.34. The minimum atomic E-state index is -0.559. The highest BCUT2D eigenvalue weighted by molar-refractivity contribution is 7.99. The molecule has 0 bridgehead atoms. The summed E-state index contributed by atoms with van der Waals surface area (Å²) in [5.41, 5.74) is 5.63. The Morgan fingerprint density at radius 3 is 2.58 bits per heavy atom. The summed E-state index contributed by atoms with van der Waals surface area (Å²) in [7, 11) is 0. The molecule has 0 amide bonds. The third-order valence-corrected chi connectivity index (χ3v) is 3.91. The first kappa shape index (κ1) is 15.7. The van der Waals surface area contributed by atoms with Crippen LogP contribution in [0.25, 0.3) is 0 Å². The number of halogens is 1. The molecule has 0 heterocycles. The molecule has 0 fully saturated rings. The summed E-state index contributed by atoms with van der Waals surface area (Å²) < 4.78 is 0. The number of nitrogens with zero attached hydrogens (tertiary/aromatic N) is 2. The highest BCUT2D eigenvalue weighted by Crippen LogP contribution is 2.35. The minimum Gasteiger partial charge on any atom is -0.330 e. The lowest BCUT2D eigenvalue weighted by molar-refractivity contribution is -0.479. The molecule has 0 aliphatic heterocycles. The van der Waals surface area contributed by atoms with Crippen molar-refractivity contribution in [3.05, 3.63) is 49.0 Å². The van der Waals surface area contributed by atoms with Crippen molar-refractivity contribution in [2.75, 3.05) is 18.8 Å². The predicted octanol–water partition coefficient (Wildman–Crippen LogP) is 2.26. The largest absolute Gasteiger partial charge is 0.330 e. The summed E-state index contributed by atoms with van der Waals surface area (Å²) in [6.07, 6.45) is 0. The molecular weight excluding hydrogens is 294 g/mol. The summed E-state index contributed by atoms with van der Waals surface area (Å²) in [4.78, 5) is 20.4. The lowest BCUT2D eigenvalue weighted by Gasteiger charge is -2.13. The van der Waals surface area contributed by atoms with Crippen LogP contribution in [0.5, 0.6) is 0 Å². The van der Waals surface area contributed by atoms with E-state index in [2.05, 4.69) is 0 Å². The van der Waals surface area contributed by atoms with Crippen LogP contribution in [0.4, 0.5) is 5.69 Å². The van der Waals surface area contributed by atoms with E-state index in [4.69, 9.17) is 17.3 Å². The monoisotopic (exact) mass is 305 g/mol. The van der Waals surface area contributed by atoms with Crippen LogP contribution in [-0.2, 0) is 0 Å². The molecule has 19 heavy (non-hydrogen) atoms. The fourth-order valence-corrected chi connectivity index (χ4v) is 2.81. The molecule has 0 aliphatic rings. The third-order valence-electron chi connectivity index (χ3n) is 2.29. The van der Waals surface area contributed by atoms with Gasteiger partial charge in [0.15, 0.2) is 0 Å². The number of rotatable bonds is 7. The van der Waals surface area contributed by atoms with Gasteiger partial charge in [-0.3, -0.25) is 20.2 Å². The molecule has 9 heteroatoms. The number of nitro groups is 2. The van der Waals surface area contributed by atoms with Gasteiger partial charge in [-0.05, 0) is 11.6 Å². The van der Waals surface area contributed by atoms with Gasteiger partial charge in [0.1, 0.15) is 0 Å². The molecule has 7 nitrogen and oxygen atoms in total. The summed E-state index contributed by atoms with van der Waals surface area (Å²) in [6, 6.07) is 3.92. The number of benzene rings is 1. The molecule has 104 valence electrons. The Balaban J connectivity index is 3.08. The first-order chi connectivity index (χ1) is 8.95. The number of hydrogen-bond acceptors (Lipinski definition) is 6. The van der Waals surface area contributed by atoms with Crippen LogP contribution in [0.3, 0.4) is 0 Å². The van der Waals surface area contributed by atoms with E-state index >= 15 is 0 Å². The molecular formula is C10H12ClN3O4S. The van der Waals surface area contributed by atoms with Crippen molar-refractivity contribution in [1.29, 1.82) is 0 Å². The zero-order valence-corrected chi connectivity index (χ0v) is 11.4. The Hall–Kier alpha value is -1.38. The maximum atomic E-state index is 10.7. The standard InChI is InChI=1S/C10H12ClN3O4S/c11-9-2-1-7(14(17)18)5-8(9)10(6-13(15)16)19-4-3-12/h1-2,5,10H,3-4,6,12H2. The van der Waals surface area contributed by atoms with E-state index in [1.54, 1.807) is 0 Å². The quantitative estimate of drug-likeness (QED) is 0.610. The van der Waals surface area contributed by atoms with Crippen molar-refractivity contribution in [2.24, 2.45) is 5.73 Å². The topological polar surface area (TPSA) is 112 Å². The number of nitrogens with two attached hydrogens (primary N) is 1. The summed E-state index contributed by atoms with van der Waals surface area (Å²) >= 11 is 7.23. The van der Waals surface area contributed by atoms with Crippen molar-refractivity contribution >= 4 is 29.1 Å². The van der Waals surface area contributed by atoms with Crippen molar-refractivity contribution in [3.63, 3.8) is 0 Å². The Morgan fingerprint density at radius 2 is 2.05 bits per heavy atom. The smallest absolute Gasteiger partial charge is 0.269 e. The lowest BCUT2D eigenvalue weighted by Crippen LogP contribution is -2.13. The maximum absolute atomic E-state index is 10.7. The fourth-order valence-electron chi connectivity index (χ4n) is 1.48. The molecule has 0 saturated heterocycles. The maximum Gasteiger partial charge on any atom is 0.269 e. The normalized spacial score (nSPS) is 12.1. The second kappa shape index (κ2) is 7.27. The molecule has 0 radical (unpaired) electrons. The van der Waals surface area contributed by atoms with Gasteiger partial charge in [-0.25, -0.2) is 0 Å². The molecule has 0 spiro atoms. The van der Waals surface area contributed by atoms with Crippen LogP contribution in [0, 0.1) is 20.2 Å². The highest BCUT2D eigenvalue weighted by atomic mass is 35.5. The van der Waals surface area contributed by atoms with Gasteiger partial charge in [-0.15, -0.1) is 11.8 Å². The lowest BCUT2D eigenvalue weighted by atomic mass is 10.1. The molecule has 1 aromatic carbocycles. The zero-order valence-electron chi connectivity index (χ0n) is 9.82. The van der Waals surface area contributed by atoms with Gasteiger partial charge in [0.2, 0.25) is 6.54 Å². The Bertz CT molecular complexity index is 486. The predicted molar refractivity (Wildman–Crippen MR) is 74.2 cm³/mol. The average molecular weight is 306 g/mol. The number of nitro benzene ring substituents is 1. The Labute approximate surface area is 118 Å². The van der Waals surface area contributed by atoms with Crippen molar-refractivity contribution in [2.45, 2.75) is 5.25 Å². The van der Waals surface area contributed by atoms with E-state index in [1.165, 1.54) is 30.0 Å². The Morgan fingerprint density at radius 1 is 1.37 bits per heavy atom. The third kappa shape index (κ3) is 4.66. The first-order valence-corrected chi connectivity index (χ1v) is 6.75. The molecule has 1 unspecified atom stereocenters. The second-order valence-corrected chi connectivity index (χ2v) is 5.34. The van der Waals surface area contributed by atoms with E-state index in [9.17, 15) is 20.2 Å². The van der Waals surface area contributed by atoms with Crippen molar-refractivity contribution in [1.82, 2.24) is 0 Å². The molecule has 2 N–H and O–H groups in total. The van der Waals surface area contributed by atoms with Crippen molar-refractivity contribution < 1.29 is 9.85 Å². The van der Waals surface area contributed by atoms with Gasteiger partial charge in [0.25, 0.3) is 5.69 Å². The van der Waals surface area contributed by atoms with E-state index < -0.39 is 15.1 Å². The summed E-state index contributed by atoms with van der Waals surface area (Å²) in [6.45, 7) is 0.0109. The number of thioether (sulfide) groups is 1. The number of hydrogen-bond donors (Lipinski definition) is 1. The van der Waals surface area contributed by atoms with Gasteiger partial charge in [-0.1, -0.05) is 11.6 Å². The number of non-ortho nitro benzene ring substituents is 1. The molecule has 0 saturated carbocycles. The Kier molecular flexibility index (Phi) is 6.00. The van der Waals surface area contributed by atoms with Gasteiger partial charge in [0, 0.05) is 34.4 Å². The van der Waals surface area contributed by atoms with Gasteiger partial charge >= 0.3 is 0 Å². The van der Waals surface area contributed by atoms with Gasteiger partial charge in [0.05, 0.1) is 10.2 Å². The zero-order chi connectivity index (χ0) is 14.4. The molecule has 1 rings (SSSR count). The van der Waals surface area contributed by atoms with E-state index in [0.717, 1.165) is 0 Å². The van der Waals surface area contributed by atoms with E-state index in [1.807, 2.05) is 0 Å². The SMILES string of the molecule is NCCSC(C[N+](=O)[O-])c1cc([N+](=O)[O-])ccc1Cl. The highest BCUT2D eigenvalue weighted by Gasteiger charge is 2.23.